The molecule has 2 atom stereocenters. The lowest BCUT2D eigenvalue weighted by molar-refractivity contribution is 1.26. The normalized spacial score (nSPS) is 20.0. The summed E-state index contributed by atoms with van der Waals surface area (Å²) in [4.78, 5) is 0. The van der Waals surface area contributed by atoms with Gasteiger partial charge in [-0.3, -0.25) is 8.80 Å². The van der Waals surface area contributed by atoms with Gasteiger partial charge in [0.25, 0.3) is 0 Å². The zero-order valence-corrected chi connectivity index (χ0v) is 28.0. The van der Waals surface area contributed by atoms with Crippen LogP contribution in [0.5, 0.6) is 0 Å². The molecule has 0 spiro atoms. The topological polar surface area (TPSA) is 0 Å². The van der Waals surface area contributed by atoms with Crippen molar-refractivity contribution in [3.8, 4) is 0 Å². The monoisotopic (exact) mass is 503 g/mol. The lowest BCUT2D eigenvalue weighted by Gasteiger charge is -2.48. The predicted molar refractivity (Wildman–Crippen MR) is 167 cm³/mol. The van der Waals surface area contributed by atoms with E-state index in [1.165, 1.54) is 22.3 Å². The fraction of sp³-hybridized carbons (Fsp3) is 0.586. The first-order valence-electron chi connectivity index (χ1n) is 13.4. The standard InChI is InChI=1S/C29H49B2Si3/c1-18-16-19(2)23(6)26(22(18)5)30-28(33(10,11)12)32(9)29(34(13,14)15)31(30)27-24(7)20(3)17-21(4)25(27)8/h16-17,28-29H,1-15H3/q-1. The van der Waals surface area contributed by atoms with E-state index in [1.54, 1.807) is 33.2 Å². The molecule has 2 unspecified atom stereocenters. The zero-order chi connectivity index (χ0) is 26.1. The van der Waals surface area contributed by atoms with Gasteiger partial charge in [-0.15, -0.1) is 0 Å². The first-order valence-corrected chi connectivity index (χ1v) is 22.7. The molecule has 0 amide bonds. The molecule has 1 heterocycles. The molecule has 1 fully saturated rings. The van der Waals surface area contributed by atoms with Crippen molar-refractivity contribution < 1.29 is 0 Å². The molecule has 0 N–H and O–H groups in total. The Morgan fingerprint density at radius 2 is 0.765 bits per heavy atom. The second-order valence-corrected chi connectivity index (χ2v) is 28.4. The number of aryl methyl sites for hydroxylation is 4. The van der Waals surface area contributed by atoms with E-state index in [9.17, 15) is 0 Å². The number of hydrogen-bond acceptors (Lipinski definition) is 0. The van der Waals surface area contributed by atoms with Crippen LogP contribution in [0, 0.1) is 55.4 Å². The smallest absolute Gasteiger partial charge is 0.117 e. The van der Waals surface area contributed by atoms with Gasteiger partial charge in [0.15, 0.2) is 0 Å². The molecule has 1 aliphatic rings. The van der Waals surface area contributed by atoms with Crippen LogP contribution in [0.15, 0.2) is 12.1 Å². The maximum absolute atomic E-state index is 2.75. The average molecular weight is 504 g/mol. The quantitative estimate of drug-likeness (QED) is 0.392. The summed E-state index contributed by atoms with van der Waals surface area (Å²) in [6, 6.07) is 4.87. The molecule has 3 rings (SSSR count). The summed E-state index contributed by atoms with van der Waals surface area (Å²) < 4.78 is 0. The highest BCUT2D eigenvalue weighted by atomic mass is 28.4. The predicted octanol–water partition coefficient (Wildman–Crippen LogP) is 7.05. The maximum atomic E-state index is 2.75. The third-order valence-electron chi connectivity index (χ3n) is 9.47. The Bertz CT molecular complexity index is 968. The molecule has 0 bridgehead atoms. The number of hydrogen-bond donors (Lipinski definition) is 0. The molecule has 0 aliphatic carbocycles. The SMILES string of the molecule is Cc1cc(C)c(C)c(B2B(c3c(C)c(C)cc(C)c3C)C([Si](C)(C)C)[Si-](C)C2[Si](C)(C)C)c1C. The third-order valence-corrected chi connectivity index (χ3v) is 24.5. The van der Waals surface area contributed by atoms with Crippen LogP contribution in [-0.4, -0.2) is 38.2 Å². The van der Waals surface area contributed by atoms with Gasteiger partial charge in [0.05, 0.1) is 0 Å². The molecule has 0 aromatic heterocycles. The van der Waals surface area contributed by atoms with Crippen molar-refractivity contribution in [2.75, 3.05) is 0 Å². The molecule has 2 aromatic carbocycles. The Hall–Kier alpha value is -0.779. The van der Waals surface area contributed by atoms with Crippen molar-refractivity contribution >= 4 is 49.1 Å². The van der Waals surface area contributed by atoms with Gasteiger partial charge < -0.3 is 0 Å². The molecule has 2 aromatic rings. The molecule has 184 valence electrons. The van der Waals surface area contributed by atoms with Crippen LogP contribution in [-0.2, 0) is 0 Å². The van der Waals surface area contributed by atoms with Crippen molar-refractivity contribution in [2.45, 2.75) is 111 Å². The minimum absolute atomic E-state index is 0.532. The van der Waals surface area contributed by atoms with Crippen molar-refractivity contribution in [1.82, 2.24) is 0 Å². The van der Waals surface area contributed by atoms with E-state index in [4.69, 9.17) is 0 Å². The van der Waals surface area contributed by atoms with Crippen LogP contribution in [0.3, 0.4) is 0 Å². The summed E-state index contributed by atoms with van der Waals surface area (Å²) in [7, 11) is -3.34. The van der Waals surface area contributed by atoms with Crippen molar-refractivity contribution in [1.29, 1.82) is 0 Å². The minimum Gasteiger partial charge on any atom is -0.280 e. The molecule has 5 heteroatoms. The van der Waals surface area contributed by atoms with Gasteiger partial charge in [-0.05, 0) is 77.6 Å². The number of rotatable bonds is 4. The highest BCUT2D eigenvalue weighted by molar-refractivity contribution is 7.48. The summed E-state index contributed by atoms with van der Waals surface area (Å²) in [5.41, 5.74) is 15.7. The van der Waals surface area contributed by atoms with E-state index in [-0.39, 0.29) is 0 Å². The third kappa shape index (κ3) is 4.54. The van der Waals surface area contributed by atoms with Gasteiger partial charge >= 0.3 is 0 Å². The summed E-state index contributed by atoms with van der Waals surface area (Å²) >= 11 is 0. The first-order chi connectivity index (χ1) is 15.4. The Morgan fingerprint density at radius 3 is 0.971 bits per heavy atom. The first kappa shape index (κ1) is 27.8. The summed E-state index contributed by atoms with van der Waals surface area (Å²) in [5.74, 6) is 0. The minimum atomic E-state index is -1.40. The molecule has 34 heavy (non-hydrogen) atoms. The zero-order valence-electron chi connectivity index (χ0n) is 25.0. The van der Waals surface area contributed by atoms with Gasteiger partial charge in [-0.2, -0.15) is 16.7 Å². The molecule has 0 nitrogen and oxygen atoms in total. The Balaban J connectivity index is 2.53. The van der Waals surface area contributed by atoms with E-state index in [1.807, 2.05) is 0 Å². The Kier molecular flexibility index (Phi) is 7.58. The van der Waals surface area contributed by atoms with Gasteiger partial charge in [-0.25, -0.2) is 0 Å². The summed E-state index contributed by atoms with van der Waals surface area (Å²) in [6.45, 7) is 39.3. The largest absolute Gasteiger partial charge is 0.280 e. The Labute approximate surface area is 216 Å². The van der Waals surface area contributed by atoms with Gasteiger partial charge in [0.2, 0.25) is 0 Å². The van der Waals surface area contributed by atoms with Gasteiger partial charge in [0, 0.05) is 16.1 Å². The molecular formula is C29H49B2Si3-. The average Bonchev–Trinajstić information content (AvgIpc) is 2.98. The maximum Gasteiger partial charge on any atom is 0.117 e. The molecule has 1 aliphatic heterocycles. The number of benzene rings is 2. The summed E-state index contributed by atoms with van der Waals surface area (Å²) in [5, 5.41) is 1.80. The van der Waals surface area contributed by atoms with Crippen molar-refractivity contribution in [2.24, 2.45) is 0 Å². The lowest BCUT2D eigenvalue weighted by Crippen LogP contribution is -2.60. The fourth-order valence-electron chi connectivity index (χ4n) is 7.81. The Morgan fingerprint density at radius 1 is 0.529 bits per heavy atom. The van der Waals surface area contributed by atoms with Crippen molar-refractivity contribution in [3.63, 3.8) is 0 Å². The van der Waals surface area contributed by atoms with Gasteiger partial charge in [-0.1, -0.05) is 84.6 Å². The van der Waals surface area contributed by atoms with Crippen LogP contribution in [0.25, 0.3) is 0 Å². The van der Waals surface area contributed by atoms with Crippen LogP contribution < -0.4 is 10.9 Å². The van der Waals surface area contributed by atoms with E-state index >= 15 is 0 Å². The molecular weight excluding hydrogens is 454 g/mol. The lowest BCUT2D eigenvalue weighted by atomic mass is 9.05. The molecule has 0 saturated carbocycles. The fourth-order valence-corrected chi connectivity index (χ4v) is 25.5. The second kappa shape index (κ2) is 9.27. The van der Waals surface area contributed by atoms with Crippen LogP contribution >= 0.6 is 0 Å². The van der Waals surface area contributed by atoms with E-state index < -0.39 is 24.9 Å². The summed E-state index contributed by atoms with van der Waals surface area (Å²) in [6.07, 6.45) is 0. The van der Waals surface area contributed by atoms with Gasteiger partial charge in [0.1, 0.15) is 13.2 Å². The molecule has 1 saturated heterocycles. The van der Waals surface area contributed by atoms with Crippen molar-refractivity contribution in [3.05, 3.63) is 56.6 Å². The van der Waals surface area contributed by atoms with Crippen LogP contribution in [0.2, 0.25) is 56.0 Å². The van der Waals surface area contributed by atoms with E-state index in [0.717, 1.165) is 10.1 Å². The highest BCUT2D eigenvalue weighted by Gasteiger charge is 2.54. The van der Waals surface area contributed by atoms with Crippen LogP contribution in [0.1, 0.15) is 44.5 Å². The highest BCUT2D eigenvalue weighted by Crippen LogP contribution is 2.47. The van der Waals surface area contributed by atoms with E-state index in [2.05, 4.69) is 113 Å². The molecule has 0 radical (unpaired) electrons. The van der Waals surface area contributed by atoms with E-state index in [0.29, 0.717) is 13.2 Å². The second-order valence-electron chi connectivity index (χ2n) is 13.8. The van der Waals surface area contributed by atoms with Crippen LogP contribution in [0.4, 0.5) is 0 Å².